The van der Waals surface area contributed by atoms with Gasteiger partial charge in [0.15, 0.2) is 23.3 Å². The molecule has 0 aliphatic heterocycles. The highest BCUT2D eigenvalue weighted by Crippen LogP contribution is 2.34. The van der Waals surface area contributed by atoms with E-state index in [9.17, 15) is 0 Å². The van der Waals surface area contributed by atoms with Crippen molar-refractivity contribution in [3.05, 3.63) is 411 Å². The maximum absolute atomic E-state index is 4.99. The monoisotopic (exact) mass is 1390 g/mol. The molecule has 0 aliphatic carbocycles. The summed E-state index contributed by atoms with van der Waals surface area (Å²) >= 11 is 0. The molecule has 108 heavy (non-hydrogen) atoms. The van der Waals surface area contributed by atoms with E-state index >= 15 is 0 Å². The van der Waals surface area contributed by atoms with Crippen molar-refractivity contribution in [3.8, 4) is 135 Å². The molecule has 18 rings (SSSR count). The molecule has 0 spiro atoms. The van der Waals surface area contributed by atoms with Crippen LogP contribution >= 0.6 is 0 Å². The molecule has 0 aliphatic rings. The van der Waals surface area contributed by atoms with Crippen molar-refractivity contribution in [2.75, 3.05) is 0 Å². The average Bonchev–Trinajstić information content (AvgIpc) is 0.818. The van der Waals surface area contributed by atoms with Crippen LogP contribution in [0, 0.1) is 27.7 Å². The van der Waals surface area contributed by atoms with Crippen LogP contribution in [0.1, 0.15) is 22.8 Å². The summed E-state index contributed by atoms with van der Waals surface area (Å²) in [4.78, 5) is 37.4. The van der Waals surface area contributed by atoms with E-state index in [1.807, 2.05) is 135 Å². The minimum Gasteiger partial charge on any atom is -0.256 e. The van der Waals surface area contributed by atoms with Crippen molar-refractivity contribution in [3.63, 3.8) is 0 Å². The van der Waals surface area contributed by atoms with E-state index in [0.29, 0.717) is 34.9 Å². The second-order valence-electron chi connectivity index (χ2n) is 26.5. The molecule has 0 atom stereocenters. The van der Waals surface area contributed by atoms with Gasteiger partial charge < -0.3 is 0 Å². The highest BCUT2D eigenvalue weighted by Gasteiger charge is 2.15. The minimum absolute atomic E-state index is 0.686. The molecular formula is C100H76N8. The molecule has 18 aromatic rings. The summed E-state index contributed by atoms with van der Waals surface area (Å²) in [6, 6.07) is 132. The van der Waals surface area contributed by atoms with Crippen LogP contribution in [0.3, 0.4) is 0 Å². The first kappa shape index (κ1) is 69.6. The molecule has 516 valence electrons. The van der Waals surface area contributed by atoms with Gasteiger partial charge in [-0.2, -0.15) is 0 Å². The van der Waals surface area contributed by atoms with Gasteiger partial charge in [-0.15, -0.1) is 0 Å². The van der Waals surface area contributed by atoms with Crippen LogP contribution in [-0.2, 0) is 0 Å². The number of aryl methyl sites for hydroxylation is 4. The second kappa shape index (κ2) is 33.1. The lowest BCUT2D eigenvalue weighted by molar-refractivity contribution is 0.991. The van der Waals surface area contributed by atoms with E-state index in [0.717, 1.165) is 67.2 Å². The van der Waals surface area contributed by atoms with E-state index < -0.39 is 0 Å². The predicted octanol–water partition coefficient (Wildman–Crippen LogP) is 25.5. The first-order valence-electron chi connectivity index (χ1n) is 36.3. The van der Waals surface area contributed by atoms with Crippen molar-refractivity contribution in [2.45, 2.75) is 27.7 Å². The lowest BCUT2D eigenvalue weighted by atomic mass is 10.0. The Hall–Kier alpha value is -14.1. The fourth-order valence-electron chi connectivity index (χ4n) is 13.1. The van der Waals surface area contributed by atoms with E-state index in [1.54, 1.807) is 0 Å². The molecule has 4 heterocycles. The number of benzene rings is 14. The molecule has 0 saturated carbocycles. The van der Waals surface area contributed by atoms with Crippen molar-refractivity contribution < 1.29 is 0 Å². The maximum atomic E-state index is 4.99. The Balaban J connectivity index is 0.000000116. The standard InChI is InChI=1S/2C28H21N3.C26H19N.C18H15N/c1-20-29-27(25-16-8-14-23(18-25)21-10-4-2-5-11-21)31-28(30-20)26-17-9-15-24(19-26)22-12-6-3-7-13-22;1-20-29-27(25-16-12-23(13-17-25)21-8-4-2-5-9-21)31-28(30-20)26-18-14-24(15-19-26)22-10-6-3-7-11-22;1-18-14-25(23-12-10-19-6-2-4-8-21(19)16-23)27-26(15-18)24-13-11-20-7-3-5-9-22(20)17-24;1-14-7-9-15(10-8-14)17-11-12-19-18(13-17)16-5-3-2-4-6-16/h2*2-19H,1H3;2-17H,1H3;2-13H,1H3. The van der Waals surface area contributed by atoms with Crippen LogP contribution in [0.15, 0.2) is 388 Å². The zero-order chi connectivity index (χ0) is 73.4. The molecule has 14 aromatic carbocycles. The predicted molar refractivity (Wildman–Crippen MR) is 447 cm³/mol. The minimum atomic E-state index is 0.686. The Labute approximate surface area is 631 Å². The Morgan fingerprint density at radius 3 is 0.870 bits per heavy atom. The summed E-state index contributed by atoms with van der Waals surface area (Å²) in [6.07, 6.45) is 1.87. The van der Waals surface area contributed by atoms with Crippen LogP contribution in [0.25, 0.3) is 157 Å². The van der Waals surface area contributed by atoms with E-state index in [2.05, 4.69) is 306 Å². The molecule has 0 amide bonds. The van der Waals surface area contributed by atoms with Crippen molar-refractivity contribution in [1.29, 1.82) is 0 Å². The first-order chi connectivity index (χ1) is 53.1. The van der Waals surface area contributed by atoms with Crippen LogP contribution in [0.4, 0.5) is 0 Å². The topological polar surface area (TPSA) is 103 Å². The number of rotatable bonds is 12. The molecule has 0 saturated heterocycles. The summed E-state index contributed by atoms with van der Waals surface area (Å²) < 4.78 is 0. The van der Waals surface area contributed by atoms with Crippen molar-refractivity contribution in [2.24, 2.45) is 0 Å². The Kier molecular flexibility index (Phi) is 21.4. The third-order valence-corrected chi connectivity index (χ3v) is 18.7. The molecule has 0 bridgehead atoms. The molecule has 8 nitrogen and oxygen atoms in total. The Morgan fingerprint density at radius 2 is 0.454 bits per heavy atom. The SMILES string of the molecule is Cc1cc(-c2ccc3ccccc3c2)nc(-c2ccc3ccccc3c2)c1.Cc1ccc(-c2ccnc(-c3ccccc3)c2)cc1.Cc1nc(-c2ccc(-c3ccccc3)cc2)nc(-c2ccc(-c3ccccc3)cc2)n1.Cc1nc(-c2cccc(-c3ccccc3)c2)nc(-c2cccc(-c3ccccc3)c2)n1. The Bertz CT molecular complexity index is 5760. The van der Waals surface area contributed by atoms with Gasteiger partial charge in [0.05, 0.1) is 17.1 Å². The molecule has 4 aromatic heterocycles. The summed E-state index contributed by atoms with van der Waals surface area (Å²) in [5.74, 6) is 4.16. The first-order valence-corrected chi connectivity index (χ1v) is 36.3. The molecule has 0 unspecified atom stereocenters. The lowest BCUT2D eigenvalue weighted by Crippen LogP contribution is -1.99. The Morgan fingerprint density at radius 1 is 0.157 bits per heavy atom. The molecule has 0 fully saturated rings. The molecule has 0 radical (unpaired) electrons. The number of nitrogens with zero attached hydrogens (tertiary/aromatic N) is 8. The largest absolute Gasteiger partial charge is 0.256 e. The summed E-state index contributed by atoms with van der Waals surface area (Å²) in [6.45, 7) is 8.06. The van der Waals surface area contributed by atoms with Gasteiger partial charge in [-0.3, -0.25) is 4.98 Å². The van der Waals surface area contributed by atoms with Gasteiger partial charge >= 0.3 is 0 Å². The lowest BCUT2D eigenvalue weighted by Gasteiger charge is -2.09. The van der Waals surface area contributed by atoms with Crippen LogP contribution in [-0.4, -0.2) is 39.9 Å². The van der Waals surface area contributed by atoms with E-state index in [1.165, 1.54) is 77.2 Å². The molecular weight excluding hydrogens is 1310 g/mol. The van der Waals surface area contributed by atoms with Gasteiger partial charge in [0.25, 0.3) is 0 Å². The smallest absolute Gasteiger partial charge is 0.163 e. The molecule has 0 N–H and O–H groups in total. The average molecular weight is 1390 g/mol. The zero-order valence-corrected chi connectivity index (χ0v) is 60.5. The third-order valence-electron chi connectivity index (χ3n) is 18.7. The fourth-order valence-corrected chi connectivity index (χ4v) is 13.1. The number of hydrogen-bond acceptors (Lipinski definition) is 8. The second-order valence-corrected chi connectivity index (χ2v) is 26.5. The third kappa shape index (κ3) is 17.2. The molecule has 8 heteroatoms. The van der Waals surface area contributed by atoms with Crippen LogP contribution in [0.5, 0.6) is 0 Å². The van der Waals surface area contributed by atoms with Gasteiger partial charge in [0, 0.05) is 45.1 Å². The van der Waals surface area contributed by atoms with Gasteiger partial charge in [-0.1, -0.05) is 339 Å². The van der Waals surface area contributed by atoms with E-state index in [4.69, 9.17) is 15.0 Å². The van der Waals surface area contributed by atoms with E-state index in [-0.39, 0.29) is 0 Å². The van der Waals surface area contributed by atoms with Gasteiger partial charge in [0.2, 0.25) is 0 Å². The fraction of sp³-hybridized carbons (Fsp3) is 0.0400. The van der Waals surface area contributed by atoms with Crippen LogP contribution in [0.2, 0.25) is 0 Å². The number of hydrogen-bond donors (Lipinski definition) is 0. The van der Waals surface area contributed by atoms with Gasteiger partial charge in [-0.25, -0.2) is 34.9 Å². The van der Waals surface area contributed by atoms with Crippen LogP contribution < -0.4 is 0 Å². The quantitative estimate of drug-likeness (QED) is 0.119. The van der Waals surface area contributed by atoms with Gasteiger partial charge in [-0.05, 0) is 159 Å². The van der Waals surface area contributed by atoms with Crippen molar-refractivity contribution >= 4 is 21.5 Å². The highest BCUT2D eigenvalue weighted by molar-refractivity contribution is 5.89. The summed E-state index contributed by atoms with van der Waals surface area (Å²) in [7, 11) is 0. The maximum Gasteiger partial charge on any atom is 0.163 e. The normalized spacial score (nSPS) is 10.8. The number of pyridine rings is 2. The summed E-state index contributed by atoms with van der Waals surface area (Å²) in [5.41, 5.74) is 24.7. The van der Waals surface area contributed by atoms with Gasteiger partial charge in [0.1, 0.15) is 11.6 Å². The number of fused-ring (bicyclic) bond motifs is 2. The highest BCUT2D eigenvalue weighted by atomic mass is 15.0. The summed E-state index contributed by atoms with van der Waals surface area (Å²) in [5, 5.41) is 4.99. The zero-order valence-electron chi connectivity index (χ0n) is 60.5. The van der Waals surface area contributed by atoms with Crippen molar-refractivity contribution in [1.82, 2.24) is 39.9 Å². The number of aromatic nitrogens is 8.